The molecule has 0 aliphatic rings. The summed E-state index contributed by atoms with van der Waals surface area (Å²) in [6.45, 7) is 1.39. The van der Waals surface area contributed by atoms with Gasteiger partial charge in [0.05, 0.1) is 0 Å². The van der Waals surface area contributed by atoms with Gasteiger partial charge in [-0.25, -0.2) is 0 Å². The Morgan fingerprint density at radius 3 is 2.31 bits per heavy atom. The number of rotatable bonds is 6. The third-order valence-corrected chi connectivity index (χ3v) is 4.54. The summed E-state index contributed by atoms with van der Waals surface area (Å²) < 4.78 is 0. The zero-order valence-corrected chi connectivity index (χ0v) is 15.0. The third-order valence-electron chi connectivity index (χ3n) is 3.65. The van der Waals surface area contributed by atoms with Gasteiger partial charge in [-0.15, -0.1) is 10.2 Å². The molecule has 7 heteroatoms. The van der Waals surface area contributed by atoms with Crippen molar-refractivity contribution in [1.82, 2.24) is 15.5 Å². The van der Waals surface area contributed by atoms with E-state index in [1.54, 1.807) is 0 Å². The van der Waals surface area contributed by atoms with E-state index < -0.39 is 6.04 Å². The number of aromatic nitrogens is 2. The Balaban J connectivity index is 1.71. The molecule has 0 saturated heterocycles. The van der Waals surface area contributed by atoms with Gasteiger partial charge < -0.3 is 5.32 Å². The van der Waals surface area contributed by atoms with Crippen LogP contribution in [0.25, 0.3) is 10.6 Å². The topological polar surface area (TPSA) is 84.0 Å². The lowest BCUT2D eigenvalue weighted by Gasteiger charge is -2.16. The summed E-state index contributed by atoms with van der Waals surface area (Å²) in [6, 6.07) is 18.5. The predicted molar refractivity (Wildman–Crippen MR) is 102 cm³/mol. The van der Waals surface area contributed by atoms with E-state index in [-0.39, 0.29) is 11.8 Å². The molecular formula is C19H18N4O2S. The molecule has 1 aromatic heterocycles. The molecule has 0 spiro atoms. The molecule has 1 atom stereocenters. The molecule has 3 rings (SSSR count). The second-order valence-corrected chi connectivity index (χ2v) is 6.69. The Hall–Kier alpha value is -3.06. The molecule has 0 radical (unpaired) electrons. The summed E-state index contributed by atoms with van der Waals surface area (Å²) in [7, 11) is 0. The number of nitrogens with one attached hydrogen (secondary N) is 2. The second-order valence-electron chi connectivity index (χ2n) is 5.71. The van der Waals surface area contributed by atoms with Gasteiger partial charge in [0.15, 0.2) is 0 Å². The molecule has 0 bridgehead atoms. The Morgan fingerprint density at radius 1 is 1.00 bits per heavy atom. The molecule has 26 heavy (non-hydrogen) atoms. The van der Waals surface area contributed by atoms with E-state index in [1.165, 1.54) is 18.3 Å². The highest BCUT2D eigenvalue weighted by Crippen LogP contribution is 2.26. The molecule has 0 aliphatic heterocycles. The summed E-state index contributed by atoms with van der Waals surface area (Å²) in [6.07, 6.45) is 0.399. The van der Waals surface area contributed by atoms with E-state index >= 15 is 0 Å². The molecule has 3 aromatic rings. The van der Waals surface area contributed by atoms with Crippen molar-refractivity contribution in [2.75, 3.05) is 5.32 Å². The first-order valence-corrected chi connectivity index (χ1v) is 8.94. The molecule has 0 saturated carbocycles. The number of nitrogens with zero attached hydrogens (tertiary/aromatic N) is 2. The number of carbonyl (C=O) groups is 2. The van der Waals surface area contributed by atoms with Crippen LogP contribution in [0.1, 0.15) is 12.5 Å². The molecule has 0 fully saturated rings. The Morgan fingerprint density at radius 2 is 1.65 bits per heavy atom. The van der Waals surface area contributed by atoms with Crippen molar-refractivity contribution >= 4 is 28.3 Å². The lowest BCUT2D eigenvalue weighted by molar-refractivity contribution is -0.125. The molecule has 1 heterocycles. The smallest absolute Gasteiger partial charge is 0.249 e. The minimum absolute atomic E-state index is 0.261. The van der Waals surface area contributed by atoms with E-state index in [0.29, 0.717) is 11.6 Å². The molecule has 132 valence electrons. The number of amides is 2. The van der Waals surface area contributed by atoms with Gasteiger partial charge >= 0.3 is 0 Å². The quantitative estimate of drug-likeness (QED) is 0.703. The van der Waals surface area contributed by atoms with Crippen LogP contribution in [0.2, 0.25) is 0 Å². The van der Waals surface area contributed by atoms with Crippen molar-refractivity contribution in [2.24, 2.45) is 0 Å². The van der Waals surface area contributed by atoms with Crippen molar-refractivity contribution < 1.29 is 9.59 Å². The van der Waals surface area contributed by atoms with Gasteiger partial charge in [-0.3, -0.25) is 14.9 Å². The van der Waals surface area contributed by atoms with Crippen LogP contribution in [0.4, 0.5) is 5.13 Å². The molecule has 2 N–H and O–H groups in total. The average molecular weight is 366 g/mol. The first-order valence-electron chi connectivity index (χ1n) is 8.12. The van der Waals surface area contributed by atoms with E-state index in [2.05, 4.69) is 20.8 Å². The predicted octanol–water partition coefficient (Wildman–Crippen LogP) is 2.89. The minimum Gasteiger partial charge on any atom is -0.344 e. The number of anilines is 1. The van der Waals surface area contributed by atoms with Crippen LogP contribution >= 0.6 is 11.3 Å². The normalized spacial score (nSPS) is 11.6. The van der Waals surface area contributed by atoms with Gasteiger partial charge in [-0.1, -0.05) is 72.0 Å². The highest BCUT2D eigenvalue weighted by molar-refractivity contribution is 7.18. The highest BCUT2D eigenvalue weighted by Gasteiger charge is 2.21. The van der Waals surface area contributed by atoms with Crippen molar-refractivity contribution in [2.45, 2.75) is 19.4 Å². The van der Waals surface area contributed by atoms with Crippen molar-refractivity contribution in [3.05, 3.63) is 66.2 Å². The van der Waals surface area contributed by atoms with Gasteiger partial charge in [-0.05, 0) is 5.56 Å². The van der Waals surface area contributed by atoms with Crippen LogP contribution in [0.3, 0.4) is 0 Å². The average Bonchev–Trinajstić information content (AvgIpc) is 3.11. The van der Waals surface area contributed by atoms with Gasteiger partial charge in [0.2, 0.25) is 16.9 Å². The monoisotopic (exact) mass is 366 g/mol. The van der Waals surface area contributed by atoms with Crippen LogP contribution in [-0.2, 0) is 16.0 Å². The van der Waals surface area contributed by atoms with Crippen molar-refractivity contribution in [3.63, 3.8) is 0 Å². The van der Waals surface area contributed by atoms with Gasteiger partial charge in [0, 0.05) is 18.9 Å². The first kappa shape index (κ1) is 17.8. The van der Waals surface area contributed by atoms with Gasteiger partial charge in [0.1, 0.15) is 11.0 Å². The lowest BCUT2D eigenvalue weighted by atomic mass is 10.1. The number of hydrogen-bond donors (Lipinski definition) is 2. The number of carbonyl (C=O) groups excluding carboxylic acids is 2. The van der Waals surface area contributed by atoms with Crippen LogP contribution in [0.15, 0.2) is 60.7 Å². The molecular weight excluding hydrogens is 348 g/mol. The Labute approximate surface area is 155 Å². The van der Waals surface area contributed by atoms with Crippen molar-refractivity contribution in [1.29, 1.82) is 0 Å². The van der Waals surface area contributed by atoms with Gasteiger partial charge in [0.25, 0.3) is 0 Å². The lowest BCUT2D eigenvalue weighted by Crippen LogP contribution is -2.44. The fourth-order valence-electron chi connectivity index (χ4n) is 2.47. The maximum atomic E-state index is 12.6. The molecule has 2 aromatic carbocycles. The van der Waals surface area contributed by atoms with E-state index in [9.17, 15) is 9.59 Å². The fraction of sp³-hybridized carbons (Fsp3) is 0.158. The fourth-order valence-corrected chi connectivity index (χ4v) is 3.22. The van der Waals surface area contributed by atoms with Gasteiger partial charge in [-0.2, -0.15) is 0 Å². The van der Waals surface area contributed by atoms with E-state index in [0.717, 1.165) is 16.1 Å². The Bertz CT molecular complexity index is 881. The zero-order chi connectivity index (χ0) is 18.4. The van der Waals surface area contributed by atoms with E-state index in [1.807, 2.05) is 60.7 Å². The van der Waals surface area contributed by atoms with Crippen LogP contribution < -0.4 is 10.6 Å². The van der Waals surface area contributed by atoms with Crippen molar-refractivity contribution in [3.8, 4) is 10.6 Å². The SMILES string of the molecule is CC(=O)NC(Cc1ccccc1)C(=O)Nc1nnc(-c2ccccc2)s1. The molecule has 6 nitrogen and oxygen atoms in total. The molecule has 1 unspecified atom stereocenters. The number of hydrogen-bond acceptors (Lipinski definition) is 5. The maximum Gasteiger partial charge on any atom is 0.249 e. The summed E-state index contributed by atoms with van der Waals surface area (Å²) in [5, 5.41) is 14.7. The zero-order valence-electron chi connectivity index (χ0n) is 14.2. The largest absolute Gasteiger partial charge is 0.344 e. The molecule has 2 amide bonds. The van der Waals surface area contributed by atoms with Crippen LogP contribution in [0, 0.1) is 0 Å². The summed E-state index contributed by atoms with van der Waals surface area (Å²) in [5.74, 6) is -0.580. The summed E-state index contributed by atoms with van der Waals surface area (Å²) in [5.41, 5.74) is 1.90. The van der Waals surface area contributed by atoms with Crippen LogP contribution in [0.5, 0.6) is 0 Å². The summed E-state index contributed by atoms with van der Waals surface area (Å²) in [4.78, 5) is 24.1. The first-order chi connectivity index (χ1) is 12.6. The van der Waals surface area contributed by atoms with E-state index in [4.69, 9.17) is 0 Å². The highest BCUT2D eigenvalue weighted by atomic mass is 32.1. The maximum absolute atomic E-state index is 12.6. The second kappa shape index (κ2) is 8.35. The Kier molecular flexibility index (Phi) is 5.70. The standard InChI is InChI=1S/C19H18N4O2S/c1-13(24)20-16(12-14-8-4-2-5-9-14)17(25)21-19-23-22-18(26-19)15-10-6-3-7-11-15/h2-11,16H,12H2,1H3,(H,20,24)(H,21,23,25). The third kappa shape index (κ3) is 4.73. The molecule has 0 aliphatic carbocycles. The minimum atomic E-state index is -0.682. The van der Waals surface area contributed by atoms with Crippen LogP contribution in [-0.4, -0.2) is 28.1 Å². The summed E-state index contributed by atoms with van der Waals surface area (Å²) >= 11 is 1.29. The number of benzene rings is 2.